The highest BCUT2D eigenvalue weighted by atomic mass is 32.2. The number of aromatic nitrogens is 2. The molecule has 3 aromatic rings. The molecule has 0 spiro atoms. The number of sulfonamides is 1. The standard InChI is InChI=1S/C27H31FN4O4S/c1-17(2)16-36-22-13-20(12-21(28)14-22)24-11-10-23(26(30-24)32(4)15-19-8-9-19)27(33)31-37(34,35)25-7-5-6-18(3)29-25/h5-7,10-14,17,19H,8-9,15-16H2,1-4H3,(H,31,33). The van der Waals surface area contributed by atoms with Crippen molar-refractivity contribution in [3.05, 3.63) is 65.6 Å². The van der Waals surface area contributed by atoms with Crippen LogP contribution >= 0.6 is 0 Å². The molecule has 1 aromatic carbocycles. The van der Waals surface area contributed by atoms with Crippen LogP contribution in [0.2, 0.25) is 0 Å². The molecular weight excluding hydrogens is 495 g/mol. The Labute approximate surface area is 217 Å². The van der Waals surface area contributed by atoms with E-state index in [0.717, 1.165) is 12.8 Å². The lowest BCUT2D eigenvalue weighted by Crippen LogP contribution is -2.33. The first-order chi connectivity index (χ1) is 17.5. The molecule has 0 unspecified atom stereocenters. The predicted molar refractivity (Wildman–Crippen MR) is 140 cm³/mol. The zero-order chi connectivity index (χ0) is 26.7. The summed E-state index contributed by atoms with van der Waals surface area (Å²) in [6, 6.07) is 12.0. The third kappa shape index (κ3) is 6.82. The number of anilines is 1. The zero-order valence-electron chi connectivity index (χ0n) is 21.4. The fourth-order valence-corrected chi connectivity index (χ4v) is 4.79. The van der Waals surface area contributed by atoms with Crippen molar-refractivity contribution in [3.63, 3.8) is 0 Å². The number of hydrogen-bond acceptors (Lipinski definition) is 7. The van der Waals surface area contributed by atoms with Crippen molar-refractivity contribution in [2.24, 2.45) is 11.8 Å². The monoisotopic (exact) mass is 526 g/mol. The van der Waals surface area contributed by atoms with Crippen LogP contribution in [0.25, 0.3) is 11.3 Å². The van der Waals surface area contributed by atoms with Crippen LogP contribution in [0.1, 0.15) is 42.7 Å². The third-order valence-corrected chi connectivity index (χ3v) is 7.06. The molecule has 0 aliphatic heterocycles. The number of aryl methyl sites for hydroxylation is 1. The van der Waals surface area contributed by atoms with Crippen molar-refractivity contribution in [2.45, 2.75) is 38.6 Å². The number of benzene rings is 1. The van der Waals surface area contributed by atoms with Gasteiger partial charge in [0.25, 0.3) is 15.9 Å². The predicted octanol–water partition coefficient (Wildman–Crippen LogP) is 4.59. The number of hydrogen-bond donors (Lipinski definition) is 1. The van der Waals surface area contributed by atoms with Gasteiger partial charge in [-0.1, -0.05) is 19.9 Å². The van der Waals surface area contributed by atoms with Gasteiger partial charge >= 0.3 is 0 Å². The second-order valence-corrected chi connectivity index (χ2v) is 11.5. The molecule has 196 valence electrons. The Kier molecular flexibility index (Phi) is 7.77. The van der Waals surface area contributed by atoms with E-state index in [1.165, 1.54) is 24.3 Å². The van der Waals surface area contributed by atoms with Gasteiger partial charge in [0.05, 0.1) is 17.9 Å². The van der Waals surface area contributed by atoms with Gasteiger partial charge in [-0.2, -0.15) is 8.42 Å². The van der Waals surface area contributed by atoms with E-state index in [1.54, 1.807) is 38.2 Å². The van der Waals surface area contributed by atoms with Gasteiger partial charge in [-0.15, -0.1) is 0 Å². The summed E-state index contributed by atoms with van der Waals surface area (Å²) < 4.78 is 47.9. The molecule has 1 saturated carbocycles. The van der Waals surface area contributed by atoms with Crippen molar-refractivity contribution in [2.75, 3.05) is 25.1 Å². The molecule has 2 heterocycles. The third-order valence-electron chi connectivity index (χ3n) is 5.83. The average molecular weight is 527 g/mol. The van der Waals surface area contributed by atoms with E-state index < -0.39 is 21.7 Å². The van der Waals surface area contributed by atoms with Gasteiger partial charge in [-0.3, -0.25) is 4.79 Å². The van der Waals surface area contributed by atoms with Gasteiger partial charge < -0.3 is 9.64 Å². The lowest BCUT2D eigenvalue weighted by atomic mass is 10.1. The summed E-state index contributed by atoms with van der Waals surface area (Å²) in [7, 11) is -2.39. The van der Waals surface area contributed by atoms with Crippen molar-refractivity contribution < 1.29 is 22.3 Å². The number of carbonyl (C=O) groups is 1. The Morgan fingerprint density at radius 3 is 2.59 bits per heavy atom. The minimum absolute atomic E-state index is 0.0933. The average Bonchev–Trinajstić information content (AvgIpc) is 3.65. The molecular formula is C27H31FN4O4S. The Balaban J connectivity index is 1.68. The highest BCUT2D eigenvalue weighted by molar-refractivity contribution is 7.90. The molecule has 8 nitrogen and oxygen atoms in total. The first-order valence-corrected chi connectivity index (χ1v) is 13.7. The maximum absolute atomic E-state index is 14.4. The number of pyridine rings is 2. The lowest BCUT2D eigenvalue weighted by Gasteiger charge is -2.22. The van der Waals surface area contributed by atoms with E-state index in [1.807, 2.05) is 18.7 Å². The molecule has 0 radical (unpaired) electrons. The van der Waals surface area contributed by atoms with Crippen LogP contribution in [0.15, 0.2) is 53.6 Å². The van der Waals surface area contributed by atoms with Crippen molar-refractivity contribution in [1.82, 2.24) is 14.7 Å². The summed E-state index contributed by atoms with van der Waals surface area (Å²) in [4.78, 5) is 23.7. The van der Waals surface area contributed by atoms with Crippen molar-refractivity contribution in [1.29, 1.82) is 0 Å². The smallest absolute Gasteiger partial charge is 0.281 e. The van der Waals surface area contributed by atoms with Gasteiger partial charge in [0, 0.05) is 30.9 Å². The first kappa shape index (κ1) is 26.5. The Hall–Kier alpha value is -3.53. The molecule has 37 heavy (non-hydrogen) atoms. The molecule has 10 heteroatoms. The summed E-state index contributed by atoms with van der Waals surface area (Å²) in [5.74, 6) is 0.165. The fourth-order valence-electron chi connectivity index (χ4n) is 3.81. The molecule has 1 aliphatic rings. The van der Waals surface area contributed by atoms with Crippen LogP contribution in [0, 0.1) is 24.6 Å². The molecule has 1 fully saturated rings. The van der Waals surface area contributed by atoms with Crippen LogP contribution in [0.4, 0.5) is 10.2 Å². The summed E-state index contributed by atoms with van der Waals surface area (Å²) in [6.07, 6.45) is 2.17. The molecule has 0 saturated heterocycles. The summed E-state index contributed by atoms with van der Waals surface area (Å²) in [5, 5.41) is -0.244. The van der Waals surface area contributed by atoms with E-state index in [0.29, 0.717) is 47.6 Å². The largest absolute Gasteiger partial charge is 0.493 e. The van der Waals surface area contributed by atoms with Gasteiger partial charge in [0.15, 0.2) is 5.03 Å². The second kappa shape index (κ2) is 10.8. The summed E-state index contributed by atoms with van der Waals surface area (Å²) in [5.41, 5.74) is 1.53. The number of nitrogens with zero attached hydrogens (tertiary/aromatic N) is 3. The number of carbonyl (C=O) groups excluding carboxylic acids is 1. The van der Waals surface area contributed by atoms with Gasteiger partial charge in [-0.05, 0) is 68.0 Å². The number of ether oxygens (including phenoxy) is 1. The Morgan fingerprint density at radius 2 is 1.92 bits per heavy atom. The molecule has 1 N–H and O–H groups in total. The topological polar surface area (TPSA) is 101 Å². The number of amides is 1. The van der Waals surface area contributed by atoms with Crippen LogP contribution in [0.3, 0.4) is 0 Å². The Morgan fingerprint density at radius 1 is 1.16 bits per heavy atom. The lowest BCUT2D eigenvalue weighted by molar-refractivity contribution is 0.0981. The minimum atomic E-state index is -4.19. The van der Waals surface area contributed by atoms with Crippen molar-refractivity contribution >= 4 is 21.7 Å². The van der Waals surface area contributed by atoms with E-state index >= 15 is 0 Å². The van der Waals surface area contributed by atoms with Crippen molar-refractivity contribution in [3.8, 4) is 17.0 Å². The molecule has 0 bridgehead atoms. The SMILES string of the molecule is Cc1cccc(S(=O)(=O)NC(=O)c2ccc(-c3cc(F)cc(OCC(C)C)c3)nc2N(C)CC2CC2)n1. The van der Waals surface area contributed by atoms with Gasteiger partial charge in [0.2, 0.25) is 0 Å². The quantitative estimate of drug-likeness (QED) is 0.412. The highest BCUT2D eigenvalue weighted by Gasteiger charge is 2.28. The first-order valence-electron chi connectivity index (χ1n) is 12.2. The zero-order valence-corrected chi connectivity index (χ0v) is 22.2. The second-order valence-electron chi connectivity index (χ2n) is 9.82. The molecule has 1 aliphatic carbocycles. The maximum Gasteiger partial charge on any atom is 0.281 e. The summed E-state index contributed by atoms with van der Waals surface area (Å²) in [6.45, 7) is 6.77. The number of rotatable bonds is 10. The fraction of sp³-hybridized carbons (Fsp3) is 0.370. The van der Waals surface area contributed by atoms with E-state index in [9.17, 15) is 17.6 Å². The Bertz CT molecular complexity index is 1410. The van der Waals surface area contributed by atoms with Crippen LogP contribution in [0.5, 0.6) is 5.75 Å². The van der Waals surface area contributed by atoms with Crippen LogP contribution in [-0.2, 0) is 10.0 Å². The van der Waals surface area contributed by atoms with Crippen LogP contribution in [-0.4, -0.2) is 44.5 Å². The number of halogens is 1. The van der Waals surface area contributed by atoms with E-state index in [4.69, 9.17) is 4.74 Å². The van der Waals surface area contributed by atoms with E-state index in [-0.39, 0.29) is 16.5 Å². The van der Waals surface area contributed by atoms with Gasteiger partial charge in [0.1, 0.15) is 17.4 Å². The van der Waals surface area contributed by atoms with E-state index in [2.05, 4.69) is 14.7 Å². The van der Waals surface area contributed by atoms with Gasteiger partial charge in [-0.25, -0.2) is 19.1 Å². The summed E-state index contributed by atoms with van der Waals surface area (Å²) >= 11 is 0. The molecule has 1 amide bonds. The van der Waals surface area contributed by atoms with Crippen LogP contribution < -0.4 is 14.4 Å². The normalized spacial score (nSPS) is 13.5. The molecule has 2 aromatic heterocycles. The molecule has 4 rings (SSSR count). The molecule has 0 atom stereocenters. The minimum Gasteiger partial charge on any atom is -0.493 e. The maximum atomic E-state index is 14.4. The highest BCUT2D eigenvalue weighted by Crippen LogP contribution is 2.33. The number of nitrogens with one attached hydrogen (secondary N) is 1.